The molecule has 0 spiro atoms. The molecule has 114 valence electrons. The number of amides is 1. The van der Waals surface area contributed by atoms with E-state index >= 15 is 0 Å². The van der Waals surface area contributed by atoms with Gasteiger partial charge in [0.25, 0.3) is 0 Å². The molecule has 2 unspecified atom stereocenters. The second-order valence-corrected chi connectivity index (χ2v) is 5.69. The molecule has 1 amide bonds. The van der Waals surface area contributed by atoms with Crippen molar-refractivity contribution in [2.45, 2.75) is 19.1 Å². The highest BCUT2D eigenvalue weighted by Crippen LogP contribution is 2.25. The first-order chi connectivity index (χ1) is 10.5. The molecule has 0 heterocycles. The lowest BCUT2D eigenvalue weighted by Gasteiger charge is -2.22. The van der Waals surface area contributed by atoms with Gasteiger partial charge in [0.05, 0.1) is 6.04 Å². The summed E-state index contributed by atoms with van der Waals surface area (Å²) in [5.41, 5.74) is 0.798. The van der Waals surface area contributed by atoms with E-state index in [-0.39, 0.29) is 5.56 Å². The summed E-state index contributed by atoms with van der Waals surface area (Å²) >= 11 is 3.25. The first-order valence-electron chi connectivity index (χ1n) is 6.75. The molecule has 2 rings (SSSR count). The molecule has 22 heavy (non-hydrogen) atoms. The van der Waals surface area contributed by atoms with Crippen LogP contribution in [0, 0.1) is 0 Å². The Hall–Kier alpha value is -2.01. The number of alkyl halides is 1. The fourth-order valence-electron chi connectivity index (χ4n) is 2.17. The summed E-state index contributed by atoms with van der Waals surface area (Å²) in [6.07, 6.45) is -1.87. The molecule has 2 aromatic carbocycles. The van der Waals surface area contributed by atoms with E-state index in [2.05, 4.69) is 21.2 Å². The van der Waals surface area contributed by atoms with Crippen molar-refractivity contribution in [3.63, 3.8) is 0 Å². The smallest absolute Gasteiger partial charge is 0.217 e. The van der Waals surface area contributed by atoms with Crippen molar-refractivity contribution >= 4 is 27.6 Å². The minimum absolute atomic E-state index is 0.251. The van der Waals surface area contributed by atoms with Gasteiger partial charge in [-0.3, -0.25) is 9.59 Å². The Morgan fingerprint density at radius 2 is 1.64 bits per heavy atom. The summed E-state index contributed by atoms with van der Waals surface area (Å²) < 4.78 is 15.3. The highest BCUT2D eigenvalue weighted by Gasteiger charge is 2.31. The van der Waals surface area contributed by atoms with E-state index < -0.39 is 23.9 Å². The highest BCUT2D eigenvalue weighted by molar-refractivity contribution is 9.10. The van der Waals surface area contributed by atoms with E-state index in [1.165, 1.54) is 6.92 Å². The zero-order valence-corrected chi connectivity index (χ0v) is 13.5. The normalized spacial score (nSPS) is 13.2. The predicted octanol–water partition coefficient (Wildman–Crippen LogP) is 3.85. The van der Waals surface area contributed by atoms with E-state index in [0.29, 0.717) is 10.0 Å². The molecule has 1 N–H and O–H groups in total. The Morgan fingerprint density at radius 3 is 2.23 bits per heavy atom. The van der Waals surface area contributed by atoms with E-state index in [1.54, 1.807) is 54.6 Å². The molecule has 0 fully saturated rings. The Kier molecular flexibility index (Phi) is 5.44. The number of carbonyl (C=O) groups is 2. The highest BCUT2D eigenvalue weighted by atomic mass is 79.9. The second kappa shape index (κ2) is 7.31. The van der Waals surface area contributed by atoms with Gasteiger partial charge in [-0.15, -0.1) is 0 Å². The first-order valence-corrected chi connectivity index (χ1v) is 7.55. The SMILES string of the molecule is CC(=O)NC(c1ccccc1)C(F)C(=O)c1ccccc1Br. The number of hydrogen-bond acceptors (Lipinski definition) is 2. The van der Waals surface area contributed by atoms with Crippen molar-refractivity contribution in [1.29, 1.82) is 0 Å². The zero-order valence-electron chi connectivity index (χ0n) is 11.9. The molecular formula is C17H15BrFNO2. The Balaban J connectivity index is 2.33. The molecule has 0 radical (unpaired) electrons. The Morgan fingerprint density at radius 1 is 1.05 bits per heavy atom. The van der Waals surface area contributed by atoms with Crippen LogP contribution in [0.2, 0.25) is 0 Å². The Bertz CT molecular complexity index is 675. The van der Waals surface area contributed by atoms with Gasteiger partial charge in [-0.25, -0.2) is 4.39 Å². The van der Waals surface area contributed by atoms with Crippen LogP contribution in [0.3, 0.4) is 0 Å². The van der Waals surface area contributed by atoms with Crippen molar-refractivity contribution < 1.29 is 14.0 Å². The number of nitrogens with one attached hydrogen (secondary N) is 1. The molecule has 0 saturated carbocycles. The monoisotopic (exact) mass is 363 g/mol. The average Bonchev–Trinajstić information content (AvgIpc) is 2.52. The minimum Gasteiger partial charge on any atom is -0.346 e. The number of Topliss-reactive ketones (excluding diaryl/α,β-unsaturated/α-hetero) is 1. The average molecular weight is 364 g/mol. The van der Waals surface area contributed by atoms with E-state index in [9.17, 15) is 14.0 Å². The topological polar surface area (TPSA) is 46.2 Å². The van der Waals surface area contributed by atoms with Crippen LogP contribution in [-0.2, 0) is 4.79 Å². The molecule has 0 aromatic heterocycles. The summed E-state index contributed by atoms with van der Waals surface area (Å²) in [5.74, 6) is -1.06. The fraction of sp³-hybridized carbons (Fsp3) is 0.176. The van der Waals surface area contributed by atoms with E-state index in [0.717, 1.165) is 0 Å². The van der Waals surface area contributed by atoms with Crippen LogP contribution in [-0.4, -0.2) is 17.9 Å². The maximum Gasteiger partial charge on any atom is 0.217 e. The van der Waals surface area contributed by atoms with Crippen LogP contribution in [0.1, 0.15) is 28.9 Å². The standard InChI is InChI=1S/C17H15BrFNO2/c1-11(21)20-16(12-7-3-2-4-8-12)15(19)17(22)13-9-5-6-10-14(13)18/h2-10,15-16H,1H3,(H,20,21). The van der Waals surface area contributed by atoms with Gasteiger partial charge in [0.1, 0.15) is 0 Å². The van der Waals surface area contributed by atoms with Gasteiger partial charge < -0.3 is 5.32 Å². The third kappa shape index (κ3) is 3.80. The van der Waals surface area contributed by atoms with Gasteiger partial charge in [0.15, 0.2) is 6.17 Å². The summed E-state index contributed by atoms with van der Waals surface area (Å²) in [5, 5.41) is 2.52. The van der Waals surface area contributed by atoms with Gasteiger partial charge in [-0.1, -0.05) is 64.5 Å². The molecule has 2 aromatic rings. The maximum atomic E-state index is 14.8. The molecule has 0 aliphatic heterocycles. The molecule has 0 aliphatic carbocycles. The number of benzene rings is 2. The van der Waals surface area contributed by atoms with Crippen LogP contribution in [0.5, 0.6) is 0 Å². The lowest BCUT2D eigenvalue weighted by molar-refractivity contribution is -0.120. The molecule has 3 nitrogen and oxygen atoms in total. The third-order valence-electron chi connectivity index (χ3n) is 3.20. The summed E-state index contributed by atoms with van der Waals surface area (Å²) in [6.45, 7) is 1.30. The Labute approximate surface area is 136 Å². The van der Waals surface area contributed by atoms with Crippen molar-refractivity contribution in [2.75, 3.05) is 0 Å². The van der Waals surface area contributed by atoms with Gasteiger partial charge in [-0.2, -0.15) is 0 Å². The van der Waals surface area contributed by atoms with Crippen LogP contribution in [0.25, 0.3) is 0 Å². The molecule has 0 bridgehead atoms. The quantitative estimate of drug-likeness (QED) is 0.820. The van der Waals surface area contributed by atoms with Crippen LogP contribution in [0.4, 0.5) is 4.39 Å². The van der Waals surface area contributed by atoms with Crippen molar-refractivity contribution in [3.05, 3.63) is 70.2 Å². The summed E-state index contributed by atoms with van der Waals surface area (Å²) in [4.78, 5) is 23.8. The van der Waals surface area contributed by atoms with E-state index in [1.807, 2.05) is 0 Å². The maximum absolute atomic E-state index is 14.8. The fourth-order valence-corrected chi connectivity index (χ4v) is 2.65. The predicted molar refractivity (Wildman–Crippen MR) is 86.4 cm³/mol. The lowest BCUT2D eigenvalue weighted by Crippen LogP contribution is -2.37. The minimum atomic E-state index is -1.87. The lowest BCUT2D eigenvalue weighted by atomic mass is 9.96. The number of halogens is 2. The van der Waals surface area contributed by atoms with E-state index in [4.69, 9.17) is 0 Å². The van der Waals surface area contributed by atoms with Gasteiger partial charge in [-0.05, 0) is 11.6 Å². The van der Waals surface area contributed by atoms with Crippen molar-refractivity contribution in [1.82, 2.24) is 5.32 Å². The molecule has 0 saturated heterocycles. The van der Waals surface area contributed by atoms with Gasteiger partial charge >= 0.3 is 0 Å². The van der Waals surface area contributed by atoms with Crippen molar-refractivity contribution in [3.8, 4) is 0 Å². The molecule has 2 atom stereocenters. The number of ketones is 1. The van der Waals surface area contributed by atoms with Gasteiger partial charge in [0.2, 0.25) is 11.7 Å². The second-order valence-electron chi connectivity index (χ2n) is 4.83. The number of carbonyl (C=O) groups excluding carboxylic acids is 2. The summed E-state index contributed by atoms with van der Waals surface area (Å²) in [6, 6.07) is 14.2. The van der Waals surface area contributed by atoms with Gasteiger partial charge in [0, 0.05) is 17.0 Å². The number of rotatable bonds is 5. The van der Waals surface area contributed by atoms with Crippen LogP contribution in [0.15, 0.2) is 59.1 Å². The molecule has 5 heteroatoms. The number of hydrogen-bond donors (Lipinski definition) is 1. The first kappa shape index (κ1) is 16.4. The summed E-state index contributed by atoms with van der Waals surface area (Å²) in [7, 11) is 0. The van der Waals surface area contributed by atoms with Crippen molar-refractivity contribution in [2.24, 2.45) is 0 Å². The van der Waals surface area contributed by atoms with Crippen LogP contribution >= 0.6 is 15.9 Å². The zero-order chi connectivity index (χ0) is 16.1. The molecular weight excluding hydrogens is 349 g/mol. The largest absolute Gasteiger partial charge is 0.346 e. The van der Waals surface area contributed by atoms with Crippen LogP contribution < -0.4 is 5.32 Å². The third-order valence-corrected chi connectivity index (χ3v) is 3.89. The molecule has 0 aliphatic rings.